The average Bonchev–Trinajstić information content (AvgIpc) is 2.21. The SMILES string of the molecule is COc1c(C#N)ccc(SC#N)c1F. The van der Waals surface area contributed by atoms with Crippen LogP contribution in [0.25, 0.3) is 0 Å². The van der Waals surface area contributed by atoms with Crippen LogP contribution in [0.4, 0.5) is 4.39 Å². The fourth-order valence-electron chi connectivity index (χ4n) is 0.954. The monoisotopic (exact) mass is 208 g/mol. The zero-order valence-electron chi connectivity index (χ0n) is 7.24. The minimum atomic E-state index is -0.668. The molecule has 14 heavy (non-hydrogen) atoms. The van der Waals surface area contributed by atoms with E-state index in [2.05, 4.69) is 0 Å². The molecule has 0 fully saturated rings. The van der Waals surface area contributed by atoms with Crippen LogP contribution in [-0.4, -0.2) is 7.11 Å². The Morgan fingerprint density at radius 2 is 2.14 bits per heavy atom. The van der Waals surface area contributed by atoms with Gasteiger partial charge in [-0.3, -0.25) is 0 Å². The third-order valence-electron chi connectivity index (χ3n) is 1.54. The smallest absolute Gasteiger partial charge is 0.181 e. The summed E-state index contributed by atoms with van der Waals surface area (Å²) >= 11 is 0.692. The van der Waals surface area contributed by atoms with Gasteiger partial charge < -0.3 is 4.74 Å². The van der Waals surface area contributed by atoms with Crippen LogP contribution >= 0.6 is 11.8 Å². The molecule has 1 aromatic carbocycles. The summed E-state index contributed by atoms with van der Waals surface area (Å²) in [5.41, 5.74) is 0.118. The number of hydrogen-bond acceptors (Lipinski definition) is 4. The predicted octanol–water partition coefficient (Wildman–Crippen LogP) is 2.28. The Labute approximate surface area is 84.7 Å². The fraction of sp³-hybridized carbons (Fsp3) is 0.111. The number of hydrogen-bond donors (Lipinski definition) is 0. The molecule has 5 heteroatoms. The van der Waals surface area contributed by atoms with E-state index in [1.165, 1.54) is 19.2 Å². The van der Waals surface area contributed by atoms with Crippen LogP contribution in [-0.2, 0) is 0 Å². The molecule has 0 bridgehead atoms. The van der Waals surface area contributed by atoms with Crippen molar-refractivity contribution in [3.8, 4) is 17.2 Å². The molecule has 1 rings (SSSR count). The van der Waals surface area contributed by atoms with Crippen LogP contribution in [0.2, 0.25) is 0 Å². The molecule has 0 amide bonds. The summed E-state index contributed by atoms with van der Waals surface area (Å²) < 4.78 is 18.2. The van der Waals surface area contributed by atoms with Gasteiger partial charge in [0.1, 0.15) is 11.5 Å². The zero-order valence-corrected chi connectivity index (χ0v) is 8.06. The summed E-state index contributed by atoms with van der Waals surface area (Å²) in [5.74, 6) is -0.786. The van der Waals surface area contributed by atoms with Gasteiger partial charge in [0.15, 0.2) is 11.6 Å². The van der Waals surface area contributed by atoms with Gasteiger partial charge in [0.05, 0.1) is 17.6 Å². The standard InChI is InChI=1S/C9H5FN2OS/c1-13-9-6(4-11)2-3-7(8(9)10)14-5-12/h2-3H,1H3. The lowest BCUT2D eigenvalue weighted by Crippen LogP contribution is -1.93. The molecule has 70 valence electrons. The van der Waals surface area contributed by atoms with Crippen LogP contribution in [0.1, 0.15) is 5.56 Å². The first-order valence-corrected chi connectivity index (χ1v) is 4.38. The van der Waals surface area contributed by atoms with Crippen LogP contribution in [0.3, 0.4) is 0 Å². The van der Waals surface area contributed by atoms with E-state index in [0.29, 0.717) is 11.8 Å². The summed E-state index contributed by atoms with van der Waals surface area (Å²) in [4.78, 5) is 0.156. The molecular weight excluding hydrogens is 203 g/mol. The van der Waals surface area contributed by atoms with Crippen molar-refractivity contribution < 1.29 is 9.13 Å². The molecule has 0 aliphatic heterocycles. The summed E-state index contributed by atoms with van der Waals surface area (Å²) in [5, 5.41) is 18.8. The van der Waals surface area contributed by atoms with E-state index < -0.39 is 5.82 Å². The maximum Gasteiger partial charge on any atom is 0.181 e. The second-order valence-corrected chi connectivity index (χ2v) is 3.09. The highest BCUT2D eigenvalue weighted by atomic mass is 32.2. The number of methoxy groups -OCH3 is 1. The number of thioether (sulfide) groups is 1. The van der Waals surface area contributed by atoms with Gasteiger partial charge in [-0.15, -0.1) is 0 Å². The lowest BCUT2D eigenvalue weighted by atomic mass is 10.2. The molecular formula is C9H5FN2OS. The van der Waals surface area contributed by atoms with Crippen LogP contribution in [0.15, 0.2) is 17.0 Å². The number of benzene rings is 1. The van der Waals surface area contributed by atoms with E-state index in [1.807, 2.05) is 0 Å². The van der Waals surface area contributed by atoms with Gasteiger partial charge in [-0.25, -0.2) is 4.39 Å². The van der Waals surface area contributed by atoms with E-state index in [9.17, 15) is 4.39 Å². The molecule has 0 saturated heterocycles. The van der Waals surface area contributed by atoms with E-state index in [1.54, 1.807) is 11.5 Å². The second kappa shape index (κ2) is 4.50. The minimum absolute atomic E-state index is 0.118. The third kappa shape index (κ3) is 1.78. The number of ether oxygens (including phenoxy) is 1. The van der Waals surface area contributed by atoms with Crippen molar-refractivity contribution >= 4 is 11.8 Å². The lowest BCUT2D eigenvalue weighted by molar-refractivity contribution is 0.380. The summed E-state index contributed by atoms with van der Waals surface area (Å²) in [6.07, 6.45) is 0. The van der Waals surface area contributed by atoms with Crippen molar-refractivity contribution in [1.82, 2.24) is 0 Å². The Morgan fingerprint density at radius 3 is 2.64 bits per heavy atom. The van der Waals surface area contributed by atoms with Crippen molar-refractivity contribution in [2.24, 2.45) is 0 Å². The fourth-order valence-corrected chi connectivity index (χ4v) is 1.37. The van der Waals surface area contributed by atoms with Gasteiger partial charge in [-0.1, -0.05) is 0 Å². The highest BCUT2D eigenvalue weighted by Crippen LogP contribution is 2.30. The molecule has 3 nitrogen and oxygen atoms in total. The van der Waals surface area contributed by atoms with Gasteiger partial charge >= 0.3 is 0 Å². The third-order valence-corrected chi connectivity index (χ3v) is 2.17. The first-order chi connectivity index (χ1) is 6.74. The lowest BCUT2D eigenvalue weighted by Gasteiger charge is -2.05. The number of rotatable bonds is 2. The zero-order chi connectivity index (χ0) is 10.6. The molecule has 1 aromatic rings. The molecule has 0 aliphatic carbocycles. The maximum atomic E-state index is 13.5. The highest BCUT2D eigenvalue weighted by molar-refractivity contribution is 8.03. The average molecular weight is 208 g/mol. The molecule has 0 unspecified atom stereocenters. The van der Waals surface area contributed by atoms with E-state index >= 15 is 0 Å². The quantitative estimate of drug-likeness (QED) is 0.552. The van der Waals surface area contributed by atoms with Crippen LogP contribution in [0, 0.1) is 27.8 Å². The van der Waals surface area contributed by atoms with E-state index in [-0.39, 0.29) is 16.2 Å². The Hall–Kier alpha value is -1.72. The van der Waals surface area contributed by atoms with Crippen molar-refractivity contribution in [1.29, 1.82) is 10.5 Å². The molecule has 0 saturated carbocycles. The topological polar surface area (TPSA) is 56.8 Å². The summed E-state index contributed by atoms with van der Waals surface area (Å²) in [6, 6.07) is 4.60. The van der Waals surface area contributed by atoms with Crippen molar-refractivity contribution in [3.05, 3.63) is 23.5 Å². The molecule has 0 aliphatic rings. The number of thiocyanates is 1. The first kappa shape index (κ1) is 10.4. The first-order valence-electron chi connectivity index (χ1n) is 3.57. The van der Waals surface area contributed by atoms with Crippen molar-refractivity contribution in [2.45, 2.75) is 4.90 Å². The molecule has 0 atom stereocenters. The Kier molecular flexibility index (Phi) is 3.33. The maximum absolute atomic E-state index is 13.5. The molecule has 0 spiro atoms. The number of nitrogens with zero attached hydrogens (tertiary/aromatic N) is 2. The highest BCUT2D eigenvalue weighted by Gasteiger charge is 2.13. The number of halogens is 1. The Bertz CT molecular complexity index is 434. The molecule has 0 aromatic heterocycles. The van der Waals surface area contributed by atoms with Crippen LogP contribution in [0.5, 0.6) is 5.75 Å². The van der Waals surface area contributed by atoms with E-state index in [0.717, 1.165) is 0 Å². The molecule has 0 heterocycles. The summed E-state index contributed by atoms with van der Waals surface area (Å²) in [7, 11) is 1.28. The Morgan fingerprint density at radius 1 is 1.43 bits per heavy atom. The minimum Gasteiger partial charge on any atom is -0.492 e. The molecule has 0 radical (unpaired) electrons. The van der Waals surface area contributed by atoms with Gasteiger partial charge in [0.2, 0.25) is 0 Å². The van der Waals surface area contributed by atoms with Gasteiger partial charge in [-0.05, 0) is 23.9 Å². The largest absolute Gasteiger partial charge is 0.492 e. The van der Waals surface area contributed by atoms with Crippen molar-refractivity contribution in [3.63, 3.8) is 0 Å². The summed E-state index contributed by atoms with van der Waals surface area (Å²) in [6.45, 7) is 0. The number of nitriles is 2. The van der Waals surface area contributed by atoms with E-state index in [4.69, 9.17) is 15.3 Å². The normalized spacial score (nSPS) is 8.86. The van der Waals surface area contributed by atoms with Crippen molar-refractivity contribution in [2.75, 3.05) is 7.11 Å². The molecule has 0 N–H and O–H groups in total. The van der Waals surface area contributed by atoms with Gasteiger partial charge in [-0.2, -0.15) is 10.5 Å². The van der Waals surface area contributed by atoms with Gasteiger partial charge in [0, 0.05) is 0 Å². The second-order valence-electron chi connectivity index (χ2n) is 2.26. The van der Waals surface area contributed by atoms with Gasteiger partial charge in [0.25, 0.3) is 0 Å². The van der Waals surface area contributed by atoms with Crippen LogP contribution < -0.4 is 4.74 Å². The Balaban J connectivity index is 3.30. The predicted molar refractivity (Wildman–Crippen MR) is 49.1 cm³/mol.